The summed E-state index contributed by atoms with van der Waals surface area (Å²) in [6.45, 7) is 0. The van der Waals surface area contributed by atoms with Crippen molar-refractivity contribution >= 4 is 50.5 Å². The minimum Gasteiger partial charge on any atom is -0.557 e. The van der Waals surface area contributed by atoms with Gasteiger partial charge in [-0.05, 0) is 35.8 Å². The number of anilines is 3. The number of rotatable bonds is 3. The van der Waals surface area contributed by atoms with Crippen molar-refractivity contribution < 1.29 is 34.5 Å². The zero-order chi connectivity index (χ0) is 28.8. The number of aryl methyl sites for hydroxylation is 2. The van der Waals surface area contributed by atoms with Crippen LogP contribution < -0.4 is 14.4 Å². The van der Waals surface area contributed by atoms with Crippen LogP contribution in [0, 0.1) is 6.26 Å². The first-order valence-corrected chi connectivity index (χ1v) is 14.2. The molecule has 9 heteroatoms. The topological polar surface area (TPSA) is 68.6 Å². The van der Waals surface area contributed by atoms with Gasteiger partial charge in [0.2, 0.25) is 6.01 Å². The summed E-state index contributed by atoms with van der Waals surface area (Å²) in [5, 5.41) is 7.55. The van der Waals surface area contributed by atoms with Gasteiger partial charge in [-0.3, -0.25) is 0 Å². The Bertz CT molecular complexity index is 2300. The van der Waals surface area contributed by atoms with Gasteiger partial charge in [-0.2, -0.15) is 0 Å². The summed E-state index contributed by atoms with van der Waals surface area (Å²) in [5.74, 6) is 0.787. The monoisotopic (exact) mass is 757 g/mol. The number of furan rings is 1. The van der Waals surface area contributed by atoms with Crippen LogP contribution in [0.5, 0.6) is 0 Å². The van der Waals surface area contributed by atoms with Crippen molar-refractivity contribution in [3.63, 3.8) is 0 Å². The summed E-state index contributed by atoms with van der Waals surface area (Å²) in [4.78, 5) is 9.35. The molecule has 44 heavy (non-hydrogen) atoms. The van der Waals surface area contributed by atoms with E-state index in [9.17, 15) is 0 Å². The third-order valence-electron chi connectivity index (χ3n) is 8.61. The average Bonchev–Trinajstić information content (AvgIpc) is 3.81. The summed E-state index contributed by atoms with van der Waals surface area (Å²) in [6, 6.07) is 24.6. The minimum absolute atomic E-state index is 0. The smallest absolute Gasteiger partial charge is 0.217 e. The van der Waals surface area contributed by atoms with Crippen molar-refractivity contribution in [1.82, 2.24) is 9.55 Å². The Kier molecular flexibility index (Phi) is 5.94. The molecule has 1 unspecified atom stereocenters. The fourth-order valence-electron chi connectivity index (χ4n) is 6.60. The second kappa shape index (κ2) is 9.79. The molecule has 2 aliphatic rings. The van der Waals surface area contributed by atoms with Gasteiger partial charge in [0.05, 0.1) is 19.6 Å². The number of hydrogen-bond donors (Lipinski definition) is 0. The van der Waals surface area contributed by atoms with Gasteiger partial charge >= 0.3 is 0 Å². The number of nitrogens with zero attached hydrogens (tertiary/aromatic N) is 6. The number of likely N-dealkylation sites (N-methyl/N-ethyl adjacent to an activating group) is 1. The number of para-hydroxylation sites is 4. The van der Waals surface area contributed by atoms with Crippen LogP contribution in [0.25, 0.3) is 49.5 Å². The maximum absolute atomic E-state index is 6.54. The Labute approximate surface area is 267 Å². The molecule has 3 aromatic carbocycles. The van der Waals surface area contributed by atoms with E-state index in [-0.39, 0.29) is 27.1 Å². The van der Waals surface area contributed by atoms with E-state index in [0.29, 0.717) is 11.6 Å². The molecule has 4 aromatic heterocycles. The Morgan fingerprint density at radius 1 is 0.977 bits per heavy atom. The molecular formula is C35H26N6O2Pt-2. The van der Waals surface area contributed by atoms with Crippen LogP contribution in [0.2, 0.25) is 0 Å². The van der Waals surface area contributed by atoms with Gasteiger partial charge in [-0.1, -0.05) is 76.5 Å². The number of oxazole rings is 1. The Hall–Kier alpha value is -4.94. The van der Waals surface area contributed by atoms with Crippen molar-refractivity contribution in [2.45, 2.75) is 6.04 Å². The van der Waals surface area contributed by atoms with Gasteiger partial charge in [0, 0.05) is 63.7 Å². The molecule has 0 amide bonds. The normalized spacial score (nSPS) is 16.0. The second-order valence-corrected chi connectivity index (χ2v) is 11.1. The SMILES string of the molecule is CN1C2=C([N-]C(c3cn(C)c4c3[cH-]c[n+]4C)C=C2)N(c2nc3c(-c4[c-]oc5ccccc45)cccc3o2)c2ccccc21.[Pt]. The van der Waals surface area contributed by atoms with E-state index in [4.69, 9.17) is 19.1 Å². The number of aromatic nitrogens is 3. The molecule has 0 bridgehead atoms. The van der Waals surface area contributed by atoms with Crippen LogP contribution in [0.4, 0.5) is 17.4 Å². The van der Waals surface area contributed by atoms with Gasteiger partial charge < -0.3 is 33.1 Å². The van der Waals surface area contributed by atoms with Crippen LogP contribution in [0.15, 0.2) is 118 Å². The Morgan fingerprint density at radius 2 is 1.77 bits per heavy atom. The van der Waals surface area contributed by atoms with Gasteiger partial charge in [0.1, 0.15) is 5.58 Å². The standard InChI is InChI=1S/C35H26N6O2.Pt/c1-38-18-17-23-24(19-39(2)34(23)38)26-15-16-29-33(36-26)41(28-12-6-5-11-27(28)40(29)3)35-37-32-22(10-8-14-31(32)43-35)25-20-42-30-13-7-4-9-21(25)30;/h4-19,26H,1-3H3;/q-2;. The molecule has 0 saturated heterocycles. The maximum atomic E-state index is 6.54. The van der Waals surface area contributed by atoms with E-state index in [2.05, 4.69) is 84.2 Å². The van der Waals surface area contributed by atoms with Crippen molar-refractivity contribution in [3.8, 4) is 11.1 Å². The van der Waals surface area contributed by atoms with Crippen LogP contribution in [-0.4, -0.2) is 16.6 Å². The van der Waals surface area contributed by atoms with Gasteiger partial charge in [-0.25, -0.2) is 4.98 Å². The Morgan fingerprint density at radius 3 is 2.66 bits per heavy atom. The van der Waals surface area contributed by atoms with E-state index in [1.54, 1.807) is 0 Å². The zero-order valence-corrected chi connectivity index (χ0v) is 26.4. The molecule has 0 aliphatic carbocycles. The number of fused-ring (bicyclic) bond motifs is 4. The average molecular weight is 758 g/mol. The fourth-order valence-corrected chi connectivity index (χ4v) is 6.60. The first-order chi connectivity index (χ1) is 21.1. The molecule has 0 spiro atoms. The van der Waals surface area contributed by atoms with E-state index in [1.807, 2.05) is 59.5 Å². The number of allylic oxidation sites excluding steroid dienone is 1. The molecule has 0 radical (unpaired) electrons. The molecule has 1 atom stereocenters. The quantitative estimate of drug-likeness (QED) is 0.138. The van der Waals surface area contributed by atoms with Crippen LogP contribution in [-0.2, 0) is 35.2 Å². The minimum atomic E-state index is -0.169. The van der Waals surface area contributed by atoms with Crippen molar-refractivity contribution in [2.75, 3.05) is 16.8 Å². The number of benzene rings is 3. The van der Waals surface area contributed by atoms with Crippen molar-refractivity contribution in [1.29, 1.82) is 0 Å². The maximum Gasteiger partial charge on any atom is 0.217 e. The molecule has 8 nitrogen and oxygen atoms in total. The molecular weight excluding hydrogens is 732 g/mol. The third kappa shape index (κ3) is 3.70. The first kappa shape index (κ1) is 26.7. The predicted octanol–water partition coefficient (Wildman–Crippen LogP) is 7.52. The summed E-state index contributed by atoms with van der Waals surface area (Å²) < 4.78 is 16.6. The summed E-state index contributed by atoms with van der Waals surface area (Å²) in [7, 11) is 6.23. The predicted molar refractivity (Wildman–Crippen MR) is 167 cm³/mol. The van der Waals surface area contributed by atoms with Crippen molar-refractivity contribution in [2.24, 2.45) is 14.1 Å². The van der Waals surface area contributed by atoms with Crippen LogP contribution in [0.1, 0.15) is 11.6 Å². The van der Waals surface area contributed by atoms with Crippen LogP contribution in [0.3, 0.4) is 0 Å². The molecule has 2 aliphatic heterocycles. The summed E-state index contributed by atoms with van der Waals surface area (Å²) >= 11 is 0. The molecule has 7 aromatic rings. The van der Waals surface area contributed by atoms with E-state index >= 15 is 0 Å². The Balaban J connectivity index is 0.00000289. The molecule has 0 fully saturated rings. The van der Waals surface area contributed by atoms with Crippen LogP contribution >= 0.6 is 0 Å². The second-order valence-electron chi connectivity index (χ2n) is 11.1. The van der Waals surface area contributed by atoms with E-state index in [0.717, 1.165) is 61.7 Å². The first-order valence-electron chi connectivity index (χ1n) is 14.2. The van der Waals surface area contributed by atoms with Gasteiger partial charge in [0.25, 0.3) is 0 Å². The number of hydrogen-bond acceptors (Lipinski definition) is 5. The third-order valence-corrected chi connectivity index (χ3v) is 8.61. The van der Waals surface area contributed by atoms with Gasteiger partial charge in [-0.15, -0.1) is 17.7 Å². The van der Waals surface area contributed by atoms with E-state index in [1.165, 1.54) is 5.39 Å². The molecule has 6 heterocycles. The fraction of sp³-hybridized carbons (Fsp3) is 0.114. The summed E-state index contributed by atoms with van der Waals surface area (Å²) in [5.41, 5.74) is 9.28. The van der Waals surface area contributed by atoms with E-state index < -0.39 is 0 Å². The summed E-state index contributed by atoms with van der Waals surface area (Å²) in [6.07, 6.45) is 11.7. The largest absolute Gasteiger partial charge is 0.557 e. The molecule has 220 valence electrons. The molecule has 0 N–H and O–H groups in total. The molecule has 9 rings (SSSR count). The van der Waals surface area contributed by atoms with Crippen molar-refractivity contribution in [3.05, 3.63) is 126 Å². The molecule has 0 saturated carbocycles. The zero-order valence-electron chi connectivity index (χ0n) is 24.1. The van der Waals surface area contributed by atoms with Gasteiger partial charge in [0.15, 0.2) is 5.65 Å².